The van der Waals surface area contributed by atoms with E-state index >= 15 is 0 Å². The third kappa shape index (κ3) is 4.20. The number of benzene rings is 1. The molecule has 0 aliphatic carbocycles. The van der Waals surface area contributed by atoms with Gasteiger partial charge in [-0.2, -0.15) is 0 Å². The van der Waals surface area contributed by atoms with Crippen LogP contribution in [0, 0.1) is 0 Å². The second-order valence-corrected chi connectivity index (χ2v) is 4.79. The third-order valence-corrected chi connectivity index (χ3v) is 2.96. The molecule has 0 fully saturated rings. The monoisotopic (exact) mass is 301 g/mol. The Kier molecular flexibility index (Phi) is 5.32. The van der Waals surface area contributed by atoms with Crippen molar-refractivity contribution in [1.82, 2.24) is 4.98 Å². The Morgan fingerprint density at radius 1 is 1.36 bits per heavy atom. The van der Waals surface area contributed by atoms with Gasteiger partial charge < -0.3 is 20.5 Å². The minimum atomic E-state index is -0.582. The van der Waals surface area contributed by atoms with Crippen LogP contribution in [0.15, 0.2) is 42.7 Å². The van der Waals surface area contributed by atoms with Crippen LogP contribution >= 0.6 is 0 Å². The molecule has 0 radical (unpaired) electrons. The molecular formula is C16H19N3O3. The van der Waals surface area contributed by atoms with Gasteiger partial charge in [-0.15, -0.1) is 0 Å². The summed E-state index contributed by atoms with van der Waals surface area (Å²) in [5.41, 5.74) is 7.08. The molecule has 3 N–H and O–H groups in total. The van der Waals surface area contributed by atoms with Crippen molar-refractivity contribution in [3.63, 3.8) is 0 Å². The summed E-state index contributed by atoms with van der Waals surface area (Å²) in [4.78, 5) is 15.7. The van der Waals surface area contributed by atoms with Crippen LogP contribution in [0.4, 0.5) is 5.69 Å². The van der Waals surface area contributed by atoms with Crippen molar-refractivity contribution in [3.05, 3.63) is 48.3 Å². The second-order valence-electron chi connectivity index (χ2n) is 4.79. The Balaban J connectivity index is 2.12. The maximum absolute atomic E-state index is 11.6. The minimum Gasteiger partial charge on any atom is -0.493 e. The molecule has 1 amide bonds. The number of carbonyl (C=O) groups is 1. The summed E-state index contributed by atoms with van der Waals surface area (Å²) >= 11 is 0. The summed E-state index contributed by atoms with van der Waals surface area (Å²) in [7, 11) is 1.56. The molecule has 0 spiro atoms. The van der Waals surface area contributed by atoms with Gasteiger partial charge in [-0.05, 0) is 25.1 Å². The van der Waals surface area contributed by atoms with Gasteiger partial charge >= 0.3 is 0 Å². The number of rotatable bonds is 6. The lowest BCUT2D eigenvalue weighted by Crippen LogP contribution is -2.32. The number of carbonyl (C=O) groups excluding carboxylic acids is 1. The summed E-state index contributed by atoms with van der Waals surface area (Å²) in [6, 6.07) is 8.35. The Labute approximate surface area is 129 Å². The van der Waals surface area contributed by atoms with Crippen LogP contribution in [0.2, 0.25) is 0 Å². The zero-order valence-electron chi connectivity index (χ0n) is 12.6. The van der Waals surface area contributed by atoms with E-state index in [1.165, 1.54) is 0 Å². The van der Waals surface area contributed by atoms with Gasteiger partial charge in [-0.1, -0.05) is 6.07 Å². The molecule has 0 saturated carbocycles. The molecular weight excluding hydrogens is 282 g/mol. The number of ether oxygens (including phenoxy) is 2. The van der Waals surface area contributed by atoms with Crippen molar-refractivity contribution < 1.29 is 14.3 Å². The van der Waals surface area contributed by atoms with E-state index < -0.39 is 6.04 Å². The molecule has 1 atom stereocenters. The third-order valence-electron chi connectivity index (χ3n) is 2.96. The number of aromatic nitrogens is 1. The van der Waals surface area contributed by atoms with Crippen LogP contribution in [0.5, 0.6) is 11.5 Å². The fraction of sp³-hybridized carbons (Fsp3) is 0.250. The van der Waals surface area contributed by atoms with Crippen molar-refractivity contribution in [3.8, 4) is 11.5 Å². The van der Waals surface area contributed by atoms with Gasteiger partial charge in [0.2, 0.25) is 5.91 Å². The highest BCUT2D eigenvalue weighted by Gasteiger charge is 2.11. The lowest BCUT2D eigenvalue weighted by atomic mass is 10.2. The normalized spacial score (nSPS) is 11.6. The molecule has 22 heavy (non-hydrogen) atoms. The quantitative estimate of drug-likeness (QED) is 0.851. The average Bonchev–Trinajstić information content (AvgIpc) is 2.54. The second kappa shape index (κ2) is 7.42. The van der Waals surface area contributed by atoms with Crippen molar-refractivity contribution in [2.45, 2.75) is 19.6 Å². The number of anilines is 1. The van der Waals surface area contributed by atoms with Crippen LogP contribution in [-0.4, -0.2) is 24.0 Å². The summed E-state index contributed by atoms with van der Waals surface area (Å²) in [5, 5.41) is 2.72. The van der Waals surface area contributed by atoms with Crippen molar-refractivity contribution in [2.75, 3.05) is 12.4 Å². The molecule has 1 aromatic heterocycles. The van der Waals surface area contributed by atoms with Crippen LogP contribution in [0.25, 0.3) is 0 Å². The molecule has 6 heteroatoms. The number of pyridine rings is 1. The number of nitrogens with two attached hydrogens (primary N) is 1. The Hall–Kier alpha value is -2.60. The first-order valence-corrected chi connectivity index (χ1v) is 6.86. The van der Waals surface area contributed by atoms with Gasteiger partial charge in [0.25, 0.3) is 0 Å². The van der Waals surface area contributed by atoms with E-state index in [4.69, 9.17) is 15.2 Å². The van der Waals surface area contributed by atoms with Crippen molar-refractivity contribution in [2.24, 2.45) is 5.73 Å². The minimum absolute atomic E-state index is 0.261. The Morgan fingerprint density at radius 3 is 2.82 bits per heavy atom. The summed E-state index contributed by atoms with van der Waals surface area (Å²) in [6.07, 6.45) is 3.43. The van der Waals surface area contributed by atoms with Crippen LogP contribution in [0.1, 0.15) is 12.5 Å². The lowest BCUT2D eigenvalue weighted by molar-refractivity contribution is -0.117. The zero-order chi connectivity index (χ0) is 15.9. The van der Waals surface area contributed by atoms with E-state index in [0.29, 0.717) is 23.8 Å². The first-order valence-electron chi connectivity index (χ1n) is 6.86. The van der Waals surface area contributed by atoms with Gasteiger partial charge in [0, 0.05) is 29.7 Å². The number of hydrogen-bond donors (Lipinski definition) is 2. The molecule has 1 heterocycles. The summed E-state index contributed by atoms with van der Waals surface area (Å²) in [6.45, 7) is 1.98. The molecule has 1 aromatic carbocycles. The van der Waals surface area contributed by atoms with Gasteiger partial charge in [0.05, 0.1) is 13.2 Å². The van der Waals surface area contributed by atoms with E-state index in [1.54, 1.807) is 44.6 Å². The largest absolute Gasteiger partial charge is 0.493 e. The molecule has 2 aromatic rings. The van der Waals surface area contributed by atoms with Crippen LogP contribution in [0.3, 0.4) is 0 Å². The predicted octanol–water partition coefficient (Wildman–Crippen LogP) is 1.95. The van der Waals surface area contributed by atoms with E-state index in [1.807, 2.05) is 12.1 Å². The average molecular weight is 301 g/mol. The van der Waals surface area contributed by atoms with Crippen LogP contribution in [-0.2, 0) is 11.4 Å². The maximum Gasteiger partial charge on any atom is 0.241 e. The first kappa shape index (κ1) is 15.8. The highest BCUT2D eigenvalue weighted by atomic mass is 16.5. The summed E-state index contributed by atoms with van der Waals surface area (Å²) < 4.78 is 11.0. The number of hydrogen-bond acceptors (Lipinski definition) is 5. The molecule has 116 valence electrons. The van der Waals surface area contributed by atoms with Crippen LogP contribution < -0.4 is 20.5 Å². The Bertz CT molecular complexity index is 630. The van der Waals surface area contributed by atoms with Gasteiger partial charge in [-0.3, -0.25) is 9.78 Å². The van der Waals surface area contributed by atoms with E-state index in [-0.39, 0.29) is 5.91 Å². The molecule has 2 rings (SSSR count). The SMILES string of the molecule is COc1ccc(NC(=O)C(C)N)cc1OCc1cccnc1. The topological polar surface area (TPSA) is 86.5 Å². The molecule has 6 nitrogen and oxygen atoms in total. The van der Waals surface area contributed by atoms with E-state index in [0.717, 1.165) is 5.56 Å². The number of amides is 1. The van der Waals surface area contributed by atoms with Gasteiger partial charge in [0.15, 0.2) is 11.5 Å². The van der Waals surface area contributed by atoms with Gasteiger partial charge in [-0.25, -0.2) is 0 Å². The number of nitrogens with zero attached hydrogens (tertiary/aromatic N) is 1. The fourth-order valence-corrected chi connectivity index (χ4v) is 1.77. The zero-order valence-corrected chi connectivity index (χ0v) is 12.6. The fourth-order valence-electron chi connectivity index (χ4n) is 1.77. The van der Waals surface area contributed by atoms with Gasteiger partial charge in [0.1, 0.15) is 6.61 Å². The molecule has 0 bridgehead atoms. The van der Waals surface area contributed by atoms with Crippen molar-refractivity contribution >= 4 is 11.6 Å². The molecule has 0 aliphatic rings. The molecule has 0 aliphatic heterocycles. The smallest absolute Gasteiger partial charge is 0.241 e. The summed E-state index contributed by atoms with van der Waals surface area (Å²) in [5.74, 6) is 0.861. The predicted molar refractivity (Wildman–Crippen MR) is 83.8 cm³/mol. The first-order chi connectivity index (χ1) is 10.6. The standard InChI is InChI=1S/C16H19N3O3/c1-11(17)16(20)19-13-5-6-14(21-2)15(8-13)22-10-12-4-3-7-18-9-12/h3-9,11H,10,17H2,1-2H3,(H,19,20). The highest BCUT2D eigenvalue weighted by molar-refractivity contribution is 5.94. The van der Waals surface area contributed by atoms with E-state index in [2.05, 4.69) is 10.3 Å². The highest BCUT2D eigenvalue weighted by Crippen LogP contribution is 2.30. The molecule has 0 saturated heterocycles. The van der Waals surface area contributed by atoms with E-state index in [9.17, 15) is 4.79 Å². The lowest BCUT2D eigenvalue weighted by Gasteiger charge is -2.13. The number of methoxy groups -OCH3 is 1. The number of nitrogens with one attached hydrogen (secondary N) is 1. The Morgan fingerprint density at radius 2 is 2.18 bits per heavy atom. The molecule has 1 unspecified atom stereocenters. The maximum atomic E-state index is 11.6. The van der Waals surface area contributed by atoms with Crippen molar-refractivity contribution in [1.29, 1.82) is 0 Å².